The lowest BCUT2D eigenvalue weighted by Crippen LogP contribution is -2.29. The van der Waals surface area contributed by atoms with Crippen molar-refractivity contribution in [2.75, 3.05) is 12.0 Å². The smallest absolute Gasteiger partial charge is 0.300 e. The van der Waals surface area contributed by atoms with E-state index in [-0.39, 0.29) is 11.3 Å². The molecule has 162 valence electrons. The van der Waals surface area contributed by atoms with Crippen molar-refractivity contribution in [3.63, 3.8) is 0 Å². The van der Waals surface area contributed by atoms with E-state index in [4.69, 9.17) is 16.3 Å². The molecular formula is C25H21ClN2O4. The first kappa shape index (κ1) is 21.6. The Morgan fingerprint density at radius 1 is 1.09 bits per heavy atom. The SMILES string of the molecule is COc1c(C)cc(C)cc1/C(O)=C1\C(=O)C(=O)N(c2cccc(Cl)c2)C1c1ccncc1. The quantitative estimate of drug-likeness (QED) is 0.345. The maximum absolute atomic E-state index is 13.2. The number of aliphatic hydroxyl groups is 1. The predicted octanol–water partition coefficient (Wildman–Crippen LogP) is 4.99. The topological polar surface area (TPSA) is 79.7 Å². The summed E-state index contributed by atoms with van der Waals surface area (Å²) in [5.74, 6) is -1.39. The monoisotopic (exact) mass is 448 g/mol. The van der Waals surface area contributed by atoms with Crippen LogP contribution in [0.1, 0.15) is 28.3 Å². The number of hydrogen-bond acceptors (Lipinski definition) is 5. The van der Waals surface area contributed by atoms with Crippen LogP contribution in [0.5, 0.6) is 5.75 Å². The number of Topliss-reactive ketones (excluding diaryl/α,β-unsaturated/α-hetero) is 1. The third kappa shape index (κ3) is 3.63. The highest BCUT2D eigenvalue weighted by atomic mass is 35.5. The molecule has 1 amide bonds. The van der Waals surface area contributed by atoms with E-state index in [1.807, 2.05) is 19.9 Å². The minimum absolute atomic E-state index is 0.0236. The number of pyridine rings is 1. The number of aromatic nitrogens is 1. The van der Waals surface area contributed by atoms with Gasteiger partial charge in [-0.2, -0.15) is 0 Å². The van der Waals surface area contributed by atoms with Gasteiger partial charge in [0, 0.05) is 23.1 Å². The largest absolute Gasteiger partial charge is 0.507 e. The molecule has 0 radical (unpaired) electrons. The molecule has 1 unspecified atom stereocenters. The van der Waals surface area contributed by atoms with E-state index in [0.717, 1.165) is 11.1 Å². The van der Waals surface area contributed by atoms with Crippen molar-refractivity contribution < 1.29 is 19.4 Å². The fraction of sp³-hybridized carbons (Fsp3) is 0.160. The lowest BCUT2D eigenvalue weighted by molar-refractivity contribution is -0.132. The second-order valence-electron chi connectivity index (χ2n) is 7.59. The van der Waals surface area contributed by atoms with Crippen LogP contribution in [0, 0.1) is 13.8 Å². The number of carbonyl (C=O) groups excluding carboxylic acids is 2. The second-order valence-corrected chi connectivity index (χ2v) is 8.03. The fourth-order valence-electron chi connectivity index (χ4n) is 4.13. The summed E-state index contributed by atoms with van der Waals surface area (Å²) in [7, 11) is 1.50. The summed E-state index contributed by atoms with van der Waals surface area (Å²) in [6.45, 7) is 3.74. The summed E-state index contributed by atoms with van der Waals surface area (Å²) < 4.78 is 5.51. The molecule has 3 aromatic rings. The lowest BCUT2D eigenvalue weighted by Gasteiger charge is -2.25. The maximum Gasteiger partial charge on any atom is 0.300 e. The summed E-state index contributed by atoms with van der Waals surface area (Å²) in [5, 5.41) is 11.8. The summed E-state index contributed by atoms with van der Waals surface area (Å²) in [6, 6.07) is 12.9. The number of ether oxygens (including phenoxy) is 1. The zero-order valence-corrected chi connectivity index (χ0v) is 18.6. The minimum atomic E-state index is -0.859. The first-order valence-corrected chi connectivity index (χ1v) is 10.3. The molecule has 32 heavy (non-hydrogen) atoms. The van der Waals surface area contributed by atoms with E-state index in [1.165, 1.54) is 12.0 Å². The van der Waals surface area contributed by atoms with Gasteiger partial charge in [-0.1, -0.05) is 23.7 Å². The Morgan fingerprint density at radius 2 is 1.81 bits per heavy atom. The fourth-order valence-corrected chi connectivity index (χ4v) is 4.32. The summed E-state index contributed by atoms with van der Waals surface area (Å²) >= 11 is 6.16. The van der Waals surface area contributed by atoms with Crippen LogP contribution in [-0.4, -0.2) is 28.9 Å². The van der Waals surface area contributed by atoms with E-state index in [9.17, 15) is 14.7 Å². The van der Waals surface area contributed by atoms with E-state index >= 15 is 0 Å². The van der Waals surface area contributed by atoms with Gasteiger partial charge in [0.05, 0.1) is 24.3 Å². The molecule has 1 aromatic heterocycles. The van der Waals surface area contributed by atoms with Gasteiger partial charge >= 0.3 is 0 Å². The van der Waals surface area contributed by atoms with Crippen molar-refractivity contribution in [2.24, 2.45) is 0 Å². The second kappa shape index (κ2) is 8.48. The van der Waals surface area contributed by atoms with E-state index in [0.29, 0.717) is 27.6 Å². The van der Waals surface area contributed by atoms with Crippen molar-refractivity contribution in [3.05, 3.63) is 93.8 Å². The predicted molar refractivity (Wildman–Crippen MR) is 123 cm³/mol. The number of carbonyl (C=O) groups is 2. The van der Waals surface area contributed by atoms with Gasteiger partial charge in [-0.05, 0) is 66.9 Å². The first-order chi connectivity index (χ1) is 15.3. The molecule has 1 aliphatic rings. The normalized spacial score (nSPS) is 17.6. The molecule has 7 heteroatoms. The number of methoxy groups -OCH3 is 1. The van der Waals surface area contributed by atoms with Crippen molar-refractivity contribution >= 4 is 34.7 Å². The number of aryl methyl sites for hydroxylation is 2. The standard InChI is InChI=1S/C25H21ClN2O4/c1-14-11-15(2)24(32-3)19(12-14)22(29)20-21(16-7-9-27-10-8-16)28(25(31)23(20)30)18-6-4-5-17(26)13-18/h4-13,21,29H,1-3H3/b22-20+. The third-order valence-corrected chi connectivity index (χ3v) is 5.67. The molecule has 2 aromatic carbocycles. The van der Waals surface area contributed by atoms with Gasteiger partial charge in [0.2, 0.25) is 0 Å². The summed E-state index contributed by atoms with van der Waals surface area (Å²) in [5.41, 5.74) is 3.10. The molecular weight excluding hydrogens is 428 g/mol. The number of ketones is 1. The molecule has 1 aliphatic heterocycles. The average molecular weight is 449 g/mol. The van der Waals surface area contributed by atoms with Gasteiger partial charge in [0.1, 0.15) is 11.5 Å². The molecule has 1 N–H and O–H groups in total. The highest BCUT2D eigenvalue weighted by Gasteiger charge is 2.47. The van der Waals surface area contributed by atoms with E-state index < -0.39 is 17.7 Å². The van der Waals surface area contributed by atoms with Crippen LogP contribution >= 0.6 is 11.6 Å². The van der Waals surface area contributed by atoms with Gasteiger partial charge in [-0.3, -0.25) is 19.5 Å². The number of halogens is 1. The summed E-state index contributed by atoms with van der Waals surface area (Å²) in [4.78, 5) is 31.8. The number of amides is 1. The number of hydrogen-bond donors (Lipinski definition) is 1. The molecule has 0 bridgehead atoms. The van der Waals surface area contributed by atoms with Crippen LogP contribution in [0.15, 0.2) is 66.5 Å². The highest BCUT2D eigenvalue weighted by molar-refractivity contribution is 6.51. The van der Waals surface area contributed by atoms with Gasteiger partial charge in [-0.15, -0.1) is 0 Å². The molecule has 0 spiro atoms. The van der Waals surface area contributed by atoms with Gasteiger partial charge in [0.25, 0.3) is 11.7 Å². The zero-order chi connectivity index (χ0) is 23.0. The zero-order valence-electron chi connectivity index (χ0n) is 17.8. The van der Waals surface area contributed by atoms with Crippen molar-refractivity contribution in [1.29, 1.82) is 0 Å². The molecule has 1 fully saturated rings. The van der Waals surface area contributed by atoms with Gasteiger partial charge in [0.15, 0.2) is 0 Å². The molecule has 2 heterocycles. The number of anilines is 1. The van der Waals surface area contributed by atoms with E-state index in [2.05, 4.69) is 4.98 Å². The average Bonchev–Trinajstić information content (AvgIpc) is 3.04. The molecule has 6 nitrogen and oxygen atoms in total. The molecule has 4 rings (SSSR count). The Balaban J connectivity index is 2.01. The molecule has 0 aliphatic carbocycles. The number of rotatable bonds is 4. The number of benzene rings is 2. The highest BCUT2D eigenvalue weighted by Crippen LogP contribution is 2.44. The van der Waals surface area contributed by atoms with Crippen molar-refractivity contribution in [1.82, 2.24) is 4.98 Å². The van der Waals surface area contributed by atoms with Crippen molar-refractivity contribution in [2.45, 2.75) is 19.9 Å². The Morgan fingerprint density at radius 3 is 2.47 bits per heavy atom. The van der Waals surface area contributed by atoms with Gasteiger partial charge in [-0.25, -0.2) is 0 Å². The molecule has 1 atom stereocenters. The Hall–Kier alpha value is -3.64. The summed E-state index contributed by atoms with van der Waals surface area (Å²) in [6.07, 6.45) is 3.15. The van der Waals surface area contributed by atoms with E-state index in [1.54, 1.807) is 54.9 Å². The van der Waals surface area contributed by atoms with Crippen LogP contribution in [-0.2, 0) is 9.59 Å². The molecule has 1 saturated heterocycles. The van der Waals surface area contributed by atoms with Crippen LogP contribution in [0.25, 0.3) is 5.76 Å². The molecule has 0 saturated carbocycles. The maximum atomic E-state index is 13.2. The lowest BCUT2D eigenvalue weighted by atomic mass is 9.94. The van der Waals surface area contributed by atoms with Gasteiger partial charge < -0.3 is 9.84 Å². The minimum Gasteiger partial charge on any atom is -0.507 e. The van der Waals surface area contributed by atoms with Crippen LogP contribution in [0.2, 0.25) is 5.02 Å². The Kier molecular flexibility index (Phi) is 5.72. The Labute approximate surface area is 190 Å². The van der Waals surface area contributed by atoms with Crippen LogP contribution < -0.4 is 9.64 Å². The Bertz CT molecular complexity index is 1250. The van der Waals surface area contributed by atoms with Crippen molar-refractivity contribution in [3.8, 4) is 5.75 Å². The number of aliphatic hydroxyl groups excluding tert-OH is 1. The van der Waals surface area contributed by atoms with Crippen LogP contribution in [0.3, 0.4) is 0 Å². The third-order valence-electron chi connectivity index (χ3n) is 5.43. The first-order valence-electron chi connectivity index (χ1n) is 9.95. The number of nitrogens with zero attached hydrogens (tertiary/aromatic N) is 2. The van der Waals surface area contributed by atoms with Crippen LogP contribution in [0.4, 0.5) is 5.69 Å².